The van der Waals surface area contributed by atoms with Crippen LogP contribution in [0.4, 0.5) is 10.7 Å². The molecule has 0 bridgehead atoms. The molecule has 0 unspecified atom stereocenters. The smallest absolute Gasteiger partial charge is 0.258 e. The van der Waals surface area contributed by atoms with E-state index in [1.165, 1.54) is 28.3 Å². The summed E-state index contributed by atoms with van der Waals surface area (Å²) in [6.45, 7) is 0. The summed E-state index contributed by atoms with van der Waals surface area (Å²) in [5, 5.41) is 21.1. The van der Waals surface area contributed by atoms with Gasteiger partial charge in [0.05, 0.1) is 10.5 Å². The summed E-state index contributed by atoms with van der Waals surface area (Å²) < 4.78 is 0. The van der Waals surface area contributed by atoms with Crippen LogP contribution in [0.1, 0.15) is 34.4 Å². The molecule has 3 rings (SSSR count). The Labute approximate surface area is 142 Å². The molecule has 0 N–H and O–H groups in total. The molecular weight excluding hydrogens is 334 g/mol. The fourth-order valence-electron chi connectivity index (χ4n) is 2.64. The Bertz CT molecular complexity index is 852. The highest BCUT2D eigenvalue weighted by Gasteiger charge is 2.20. The summed E-state index contributed by atoms with van der Waals surface area (Å²) >= 11 is 7.34. The second-order valence-corrected chi connectivity index (χ2v) is 6.72. The topological polar surface area (TPSA) is 79.3 Å². The summed E-state index contributed by atoms with van der Waals surface area (Å²) in [5.41, 5.74) is 2.19. The van der Waals surface area contributed by atoms with Crippen LogP contribution in [-0.4, -0.2) is 11.1 Å². The van der Waals surface area contributed by atoms with Crippen molar-refractivity contribution in [1.82, 2.24) is 0 Å². The van der Waals surface area contributed by atoms with Crippen LogP contribution in [0.2, 0.25) is 5.02 Å². The highest BCUT2D eigenvalue weighted by atomic mass is 35.5. The molecule has 0 amide bonds. The van der Waals surface area contributed by atoms with Gasteiger partial charge in [0.15, 0.2) is 0 Å². The van der Waals surface area contributed by atoms with Gasteiger partial charge in [0, 0.05) is 17.2 Å². The lowest BCUT2D eigenvalue weighted by Crippen LogP contribution is -1.99. The largest absolute Gasteiger partial charge is 0.288 e. The molecule has 116 valence electrons. The molecule has 1 heterocycles. The molecule has 5 nitrogen and oxygen atoms in total. The number of rotatable bonds is 3. The molecule has 1 aliphatic carbocycles. The summed E-state index contributed by atoms with van der Waals surface area (Å²) in [6.07, 6.45) is 5.71. The first-order valence-corrected chi connectivity index (χ1v) is 8.32. The van der Waals surface area contributed by atoms with Crippen molar-refractivity contribution in [2.24, 2.45) is 4.99 Å². The average molecular weight is 346 g/mol. The zero-order valence-electron chi connectivity index (χ0n) is 12.1. The molecule has 0 aliphatic heterocycles. The molecule has 0 saturated carbocycles. The molecule has 0 spiro atoms. The summed E-state index contributed by atoms with van der Waals surface area (Å²) in [4.78, 5) is 16.0. The van der Waals surface area contributed by atoms with E-state index in [1.54, 1.807) is 12.3 Å². The van der Waals surface area contributed by atoms with Crippen LogP contribution >= 0.6 is 22.9 Å². The first kappa shape index (κ1) is 15.7. The van der Waals surface area contributed by atoms with Crippen LogP contribution in [0.25, 0.3) is 0 Å². The monoisotopic (exact) mass is 345 g/mol. The van der Waals surface area contributed by atoms with Gasteiger partial charge in [-0.05, 0) is 42.9 Å². The molecule has 0 atom stereocenters. The van der Waals surface area contributed by atoms with E-state index in [1.807, 2.05) is 0 Å². The van der Waals surface area contributed by atoms with Crippen LogP contribution in [-0.2, 0) is 12.8 Å². The molecule has 7 heteroatoms. The lowest BCUT2D eigenvalue weighted by molar-refractivity contribution is -0.384. The van der Waals surface area contributed by atoms with Gasteiger partial charge < -0.3 is 0 Å². The Morgan fingerprint density at radius 2 is 2.17 bits per heavy atom. The van der Waals surface area contributed by atoms with Gasteiger partial charge in [-0.1, -0.05) is 17.7 Å². The number of hydrogen-bond donors (Lipinski definition) is 0. The third kappa shape index (κ3) is 3.11. The predicted octanol–water partition coefficient (Wildman–Crippen LogP) is 4.81. The van der Waals surface area contributed by atoms with E-state index in [-0.39, 0.29) is 10.7 Å². The van der Waals surface area contributed by atoms with Gasteiger partial charge in [0.1, 0.15) is 16.1 Å². The molecule has 23 heavy (non-hydrogen) atoms. The van der Waals surface area contributed by atoms with E-state index in [0.29, 0.717) is 16.1 Å². The van der Waals surface area contributed by atoms with Crippen molar-refractivity contribution >= 4 is 39.8 Å². The molecule has 0 radical (unpaired) electrons. The Morgan fingerprint density at radius 3 is 2.91 bits per heavy atom. The molecule has 0 fully saturated rings. The lowest BCUT2D eigenvalue weighted by atomic mass is 9.96. The molecule has 0 saturated heterocycles. The number of nitriles is 1. The van der Waals surface area contributed by atoms with Crippen molar-refractivity contribution in [3.63, 3.8) is 0 Å². The van der Waals surface area contributed by atoms with Gasteiger partial charge in [-0.2, -0.15) is 5.26 Å². The van der Waals surface area contributed by atoms with E-state index in [4.69, 9.17) is 11.6 Å². The minimum absolute atomic E-state index is 0.0939. The Kier molecular flexibility index (Phi) is 4.42. The number of nitrogens with zero attached hydrogens (tertiary/aromatic N) is 3. The molecule has 1 aliphatic rings. The van der Waals surface area contributed by atoms with Crippen LogP contribution in [0.3, 0.4) is 0 Å². The van der Waals surface area contributed by atoms with Crippen LogP contribution < -0.4 is 0 Å². The number of aryl methyl sites for hydroxylation is 1. The third-order valence-corrected chi connectivity index (χ3v) is 5.28. The van der Waals surface area contributed by atoms with E-state index in [2.05, 4.69) is 11.1 Å². The SMILES string of the molecule is N#Cc1c(/N=C/c2ccc(Cl)c([N+](=O)[O-])c2)sc2c1CCCC2. The third-order valence-electron chi connectivity index (χ3n) is 3.76. The zero-order chi connectivity index (χ0) is 16.4. The number of fused-ring (bicyclic) bond motifs is 1. The highest BCUT2D eigenvalue weighted by molar-refractivity contribution is 7.16. The molecular formula is C16H12ClN3O2S. The maximum Gasteiger partial charge on any atom is 0.288 e. The van der Waals surface area contributed by atoms with Gasteiger partial charge in [-0.25, -0.2) is 4.99 Å². The molecule has 1 aromatic carbocycles. The second kappa shape index (κ2) is 6.49. The van der Waals surface area contributed by atoms with Gasteiger partial charge in [0.25, 0.3) is 5.69 Å². The van der Waals surface area contributed by atoms with E-state index in [0.717, 1.165) is 31.2 Å². The number of nitro groups is 1. The molecule has 2 aromatic rings. The normalized spacial score (nSPS) is 13.7. The number of hydrogen-bond acceptors (Lipinski definition) is 5. The second-order valence-electron chi connectivity index (χ2n) is 5.23. The van der Waals surface area contributed by atoms with Crippen molar-refractivity contribution < 1.29 is 4.92 Å². The summed E-state index contributed by atoms with van der Waals surface area (Å²) in [5.74, 6) is 0. The van der Waals surface area contributed by atoms with Gasteiger partial charge in [-0.15, -0.1) is 11.3 Å². The fraction of sp³-hybridized carbons (Fsp3) is 0.250. The zero-order valence-corrected chi connectivity index (χ0v) is 13.7. The Hall–Kier alpha value is -2.23. The van der Waals surface area contributed by atoms with Crippen molar-refractivity contribution in [1.29, 1.82) is 5.26 Å². The lowest BCUT2D eigenvalue weighted by Gasteiger charge is -2.09. The van der Waals surface area contributed by atoms with Gasteiger partial charge >= 0.3 is 0 Å². The van der Waals surface area contributed by atoms with Crippen molar-refractivity contribution in [2.75, 3.05) is 0 Å². The first-order chi connectivity index (χ1) is 11.1. The van der Waals surface area contributed by atoms with E-state index in [9.17, 15) is 15.4 Å². The number of nitro benzene ring substituents is 1. The van der Waals surface area contributed by atoms with Crippen molar-refractivity contribution in [2.45, 2.75) is 25.7 Å². The summed E-state index contributed by atoms with van der Waals surface area (Å²) in [6, 6.07) is 6.77. The first-order valence-electron chi connectivity index (χ1n) is 7.13. The fourth-order valence-corrected chi connectivity index (χ4v) is 4.01. The number of aliphatic imine (C=N–C) groups is 1. The van der Waals surface area contributed by atoms with Crippen LogP contribution in [0, 0.1) is 21.4 Å². The number of halogens is 1. The Morgan fingerprint density at radius 1 is 1.39 bits per heavy atom. The predicted molar refractivity (Wildman–Crippen MR) is 91.0 cm³/mol. The number of benzene rings is 1. The maximum atomic E-state index is 10.9. The molecule has 1 aromatic heterocycles. The number of thiophene rings is 1. The summed E-state index contributed by atoms with van der Waals surface area (Å²) in [7, 11) is 0. The minimum Gasteiger partial charge on any atom is -0.258 e. The standard InChI is InChI=1S/C16H12ClN3O2S/c17-13-6-5-10(7-14(13)20(21)22)9-19-16-12(8-18)11-3-1-2-4-15(11)23-16/h5-7,9H,1-4H2/b19-9+. The van der Waals surface area contributed by atoms with Crippen LogP contribution in [0.5, 0.6) is 0 Å². The van der Waals surface area contributed by atoms with E-state index >= 15 is 0 Å². The highest BCUT2D eigenvalue weighted by Crippen LogP contribution is 2.39. The quantitative estimate of drug-likeness (QED) is 0.454. The van der Waals surface area contributed by atoms with Gasteiger partial charge in [-0.3, -0.25) is 10.1 Å². The van der Waals surface area contributed by atoms with Crippen molar-refractivity contribution in [3.05, 3.63) is 54.9 Å². The Balaban J connectivity index is 1.95. The van der Waals surface area contributed by atoms with Crippen molar-refractivity contribution in [3.8, 4) is 6.07 Å². The average Bonchev–Trinajstić information content (AvgIpc) is 2.91. The maximum absolute atomic E-state index is 10.9. The van der Waals surface area contributed by atoms with Crippen LogP contribution in [0.15, 0.2) is 23.2 Å². The minimum atomic E-state index is -0.524. The van der Waals surface area contributed by atoms with E-state index < -0.39 is 4.92 Å². The van der Waals surface area contributed by atoms with Gasteiger partial charge in [0.2, 0.25) is 0 Å².